The molecule has 0 atom stereocenters. The van der Waals surface area contributed by atoms with E-state index in [0.717, 1.165) is 0 Å². The second-order valence-electron chi connectivity index (χ2n) is 6.53. The number of carbonyl (C=O) groups is 1. The van der Waals surface area contributed by atoms with Crippen molar-refractivity contribution in [2.24, 2.45) is 0 Å². The van der Waals surface area contributed by atoms with Gasteiger partial charge in [0.05, 0.1) is 12.9 Å². The summed E-state index contributed by atoms with van der Waals surface area (Å²) in [5, 5.41) is 3.85. The van der Waals surface area contributed by atoms with Gasteiger partial charge in [0.2, 0.25) is 0 Å². The fourth-order valence-electron chi connectivity index (χ4n) is 3.11. The first kappa shape index (κ1) is 20.5. The Kier molecular flexibility index (Phi) is 5.64. The summed E-state index contributed by atoms with van der Waals surface area (Å²) in [6.07, 6.45) is 1.40. The molecule has 0 fully saturated rings. The maximum atomic E-state index is 13.0. The number of carbonyl (C=O) groups excluding carboxylic acids is 1. The number of benzene rings is 3. The molecule has 3 aromatic carbocycles. The lowest BCUT2D eigenvalue weighted by Crippen LogP contribution is -2.12. The summed E-state index contributed by atoms with van der Waals surface area (Å²) in [5.74, 6) is 0.486. The molecule has 0 saturated carbocycles. The number of hydrogen-bond donors (Lipinski definition) is 1. The summed E-state index contributed by atoms with van der Waals surface area (Å²) in [7, 11) is -4.10. The van der Waals surface area contributed by atoms with Gasteiger partial charge in [-0.1, -0.05) is 24.3 Å². The molecule has 4 aromatic rings. The first-order valence-corrected chi connectivity index (χ1v) is 10.9. The number of nitrogens with one attached hydrogen (secondary N) is 1. The third-order valence-electron chi connectivity index (χ3n) is 4.48. The Morgan fingerprint density at radius 3 is 2.35 bits per heavy atom. The summed E-state index contributed by atoms with van der Waals surface area (Å²) in [5.41, 5.74) is 0.470. The maximum Gasteiger partial charge on any atom is 0.339 e. The molecule has 1 aromatic heterocycles. The number of amides is 1. The Hall–Kier alpha value is -3.78. The van der Waals surface area contributed by atoms with Crippen LogP contribution in [0.15, 0.2) is 88.4 Å². The molecule has 0 aliphatic heterocycles. The van der Waals surface area contributed by atoms with E-state index >= 15 is 0 Å². The van der Waals surface area contributed by atoms with Gasteiger partial charge in [0, 0.05) is 16.5 Å². The summed E-state index contributed by atoms with van der Waals surface area (Å²) in [6, 6.07) is 19.3. The van der Waals surface area contributed by atoms with Gasteiger partial charge in [0.25, 0.3) is 5.91 Å². The van der Waals surface area contributed by atoms with Gasteiger partial charge in [0.15, 0.2) is 5.76 Å². The molecule has 0 aliphatic rings. The highest BCUT2D eigenvalue weighted by atomic mass is 32.2. The third kappa shape index (κ3) is 4.39. The van der Waals surface area contributed by atoms with Crippen LogP contribution in [0.2, 0.25) is 0 Å². The molecule has 0 spiro atoms. The Morgan fingerprint density at radius 2 is 1.68 bits per heavy atom. The fraction of sp³-hybridized carbons (Fsp3) is 0.0870. The summed E-state index contributed by atoms with van der Waals surface area (Å²) >= 11 is 0. The molecule has 0 saturated heterocycles. The van der Waals surface area contributed by atoms with Crippen molar-refractivity contribution in [3.63, 3.8) is 0 Å². The van der Waals surface area contributed by atoms with Crippen LogP contribution < -0.4 is 14.2 Å². The molecule has 158 valence electrons. The van der Waals surface area contributed by atoms with Gasteiger partial charge in [-0.15, -0.1) is 0 Å². The van der Waals surface area contributed by atoms with Crippen LogP contribution in [0, 0.1) is 0 Å². The second kappa shape index (κ2) is 8.53. The minimum atomic E-state index is -4.10. The number of rotatable bonds is 7. The predicted molar refractivity (Wildman–Crippen MR) is 116 cm³/mol. The second-order valence-corrected chi connectivity index (χ2v) is 8.05. The number of furan rings is 1. The predicted octanol–water partition coefficient (Wildman–Crippen LogP) is 4.85. The van der Waals surface area contributed by atoms with Crippen LogP contribution >= 0.6 is 0 Å². The van der Waals surface area contributed by atoms with Crippen LogP contribution in [0.5, 0.6) is 11.5 Å². The molecule has 1 heterocycles. The molecule has 0 unspecified atom stereocenters. The number of ether oxygens (including phenoxy) is 1. The summed E-state index contributed by atoms with van der Waals surface area (Å²) in [4.78, 5) is 12.1. The largest absolute Gasteiger partial charge is 0.493 e. The van der Waals surface area contributed by atoms with Crippen LogP contribution in [0.25, 0.3) is 10.8 Å². The van der Waals surface area contributed by atoms with Crippen molar-refractivity contribution in [2.75, 3.05) is 11.9 Å². The highest BCUT2D eigenvalue weighted by Gasteiger charge is 2.21. The fourth-order valence-corrected chi connectivity index (χ4v) is 4.25. The quantitative estimate of drug-likeness (QED) is 0.415. The van der Waals surface area contributed by atoms with Crippen molar-refractivity contribution >= 4 is 32.5 Å². The van der Waals surface area contributed by atoms with Gasteiger partial charge in [0.1, 0.15) is 16.4 Å². The normalized spacial score (nSPS) is 11.3. The zero-order valence-corrected chi connectivity index (χ0v) is 17.4. The van der Waals surface area contributed by atoms with E-state index in [-0.39, 0.29) is 16.4 Å². The lowest BCUT2D eigenvalue weighted by molar-refractivity contribution is 0.0996. The third-order valence-corrected chi connectivity index (χ3v) is 5.78. The minimum absolute atomic E-state index is 0.0433. The number of hydrogen-bond acceptors (Lipinski definition) is 6. The van der Waals surface area contributed by atoms with Crippen LogP contribution in [0.3, 0.4) is 0 Å². The van der Waals surface area contributed by atoms with E-state index in [1.54, 1.807) is 48.5 Å². The highest BCUT2D eigenvalue weighted by Crippen LogP contribution is 2.32. The van der Waals surface area contributed by atoms with E-state index in [0.29, 0.717) is 28.8 Å². The van der Waals surface area contributed by atoms with E-state index in [9.17, 15) is 13.2 Å². The van der Waals surface area contributed by atoms with Crippen molar-refractivity contribution in [2.45, 2.75) is 11.8 Å². The zero-order valence-electron chi connectivity index (χ0n) is 16.6. The summed E-state index contributed by atoms with van der Waals surface area (Å²) in [6.45, 7) is 2.33. The van der Waals surface area contributed by atoms with Crippen LogP contribution in [0.4, 0.5) is 5.69 Å². The van der Waals surface area contributed by atoms with E-state index < -0.39 is 16.0 Å². The van der Waals surface area contributed by atoms with Crippen molar-refractivity contribution in [1.29, 1.82) is 0 Å². The van der Waals surface area contributed by atoms with Gasteiger partial charge in [-0.05, 0) is 55.5 Å². The van der Waals surface area contributed by atoms with Crippen LogP contribution in [-0.4, -0.2) is 20.9 Å². The molecule has 1 N–H and O–H groups in total. The number of fused-ring (bicyclic) bond motifs is 1. The molecular formula is C23H19NO6S. The first-order chi connectivity index (χ1) is 15.0. The molecule has 8 heteroatoms. The average molecular weight is 437 g/mol. The summed E-state index contributed by atoms with van der Waals surface area (Å²) < 4.78 is 41.9. The lowest BCUT2D eigenvalue weighted by atomic mass is 10.1. The molecule has 0 bridgehead atoms. The van der Waals surface area contributed by atoms with Crippen molar-refractivity contribution in [3.05, 3.63) is 84.8 Å². The van der Waals surface area contributed by atoms with Gasteiger partial charge in [-0.2, -0.15) is 8.42 Å². The highest BCUT2D eigenvalue weighted by molar-refractivity contribution is 7.87. The van der Waals surface area contributed by atoms with E-state index in [1.165, 1.54) is 24.5 Å². The van der Waals surface area contributed by atoms with Crippen LogP contribution in [-0.2, 0) is 10.1 Å². The molecule has 7 nitrogen and oxygen atoms in total. The molecule has 0 aliphatic carbocycles. The van der Waals surface area contributed by atoms with Gasteiger partial charge in [-0.25, -0.2) is 0 Å². The molecule has 1 amide bonds. The Balaban J connectivity index is 1.57. The Morgan fingerprint density at radius 1 is 0.935 bits per heavy atom. The van der Waals surface area contributed by atoms with Crippen LogP contribution in [0.1, 0.15) is 17.5 Å². The van der Waals surface area contributed by atoms with E-state index in [2.05, 4.69) is 5.32 Å². The van der Waals surface area contributed by atoms with Gasteiger partial charge < -0.3 is 18.7 Å². The SMILES string of the molecule is CCOc1ccc(S(=O)(=O)Oc2ccc(NC(=O)c3ccco3)cc2)c2ccccc12. The topological polar surface area (TPSA) is 94.8 Å². The standard InChI is InChI=1S/C23H19NO6S/c1-2-28-20-13-14-22(19-7-4-3-6-18(19)20)31(26,27)30-17-11-9-16(10-12-17)24-23(25)21-8-5-15-29-21/h3-15H,2H2,1H3,(H,24,25). The van der Waals surface area contributed by atoms with Gasteiger partial charge in [-0.3, -0.25) is 4.79 Å². The first-order valence-electron chi connectivity index (χ1n) is 9.52. The van der Waals surface area contributed by atoms with Crippen molar-refractivity contribution in [3.8, 4) is 11.5 Å². The van der Waals surface area contributed by atoms with Crippen molar-refractivity contribution in [1.82, 2.24) is 0 Å². The minimum Gasteiger partial charge on any atom is -0.493 e. The van der Waals surface area contributed by atoms with Gasteiger partial charge >= 0.3 is 10.1 Å². The van der Waals surface area contributed by atoms with E-state index in [1.807, 2.05) is 13.0 Å². The molecule has 4 rings (SSSR count). The molecule has 31 heavy (non-hydrogen) atoms. The van der Waals surface area contributed by atoms with Crippen molar-refractivity contribution < 1.29 is 26.5 Å². The monoisotopic (exact) mass is 437 g/mol. The number of anilines is 1. The smallest absolute Gasteiger partial charge is 0.339 e. The molecule has 0 radical (unpaired) electrons. The molecular weight excluding hydrogens is 418 g/mol. The lowest BCUT2D eigenvalue weighted by Gasteiger charge is -2.13. The maximum absolute atomic E-state index is 13.0. The Labute approximate surface area is 179 Å². The Bertz CT molecular complexity index is 1310. The zero-order chi connectivity index (χ0) is 21.8. The average Bonchev–Trinajstić information content (AvgIpc) is 3.30. The van der Waals surface area contributed by atoms with E-state index in [4.69, 9.17) is 13.3 Å².